The van der Waals surface area contributed by atoms with E-state index in [2.05, 4.69) is 39.9 Å². The lowest BCUT2D eigenvalue weighted by Crippen LogP contribution is -2.31. The topological polar surface area (TPSA) is 66.9 Å². The summed E-state index contributed by atoms with van der Waals surface area (Å²) in [6.07, 6.45) is 4.57. The van der Waals surface area contributed by atoms with Crippen molar-refractivity contribution in [2.75, 3.05) is 32.1 Å². The fraction of sp³-hybridized carbons (Fsp3) is 0.318. The quantitative estimate of drug-likeness (QED) is 0.469. The number of nitrogens with zero attached hydrogens (tertiary/aromatic N) is 5. The number of hydrogen-bond donors (Lipinski definition) is 0. The molecule has 4 aromatic rings. The number of anilines is 1. The van der Waals surface area contributed by atoms with Crippen LogP contribution < -0.4 is 10.5 Å². The molecule has 30 heavy (non-hydrogen) atoms. The maximum absolute atomic E-state index is 12.8. The Morgan fingerprint density at radius 2 is 2.03 bits per heavy atom. The van der Waals surface area contributed by atoms with E-state index >= 15 is 0 Å². The Balaban J connectivity index is 1.53. The van der Waals surface area contributed by atoms with Crippen LogP contribution in [0.25, 0.3) is 27.9 Å². The second-order valence-corrected chi connectivity index (χ2v) is 8.42. The highest BCUT2D eigenvalue weighted by molar-refractivity contribution is 6.29. The highest BCUT2D eigenvalue weighted by atomic mass is 35.5. The summed E-state index contributed by atoms with van der Waals surface area (Å²) in [7, 11) is 4.22. The van der Waals surface area contributed by atoms with Gasteiger partial charge in [-0.3, -0.25) is 0 Å². The van der Waals surface area contributed by atoms with Crippen LogP contribution in [0.1, 0.15) is 12.1 Å². The average molecular weight is 424 g/mol. The molecule has 8 heteroatoms. The van der Waals surface area contributed by atoms with Crippen molar-refractivity contribution in [2.24, 2.45) is 0 Å². The molecule has 4 heterocycles. The first kappa shape index (κ1) is 19.1. The average Bonchev–Trinajstić information content (AvgIpc) is 3.34. The summed E-state index contributed by atoms with van der Waals surface area (Å²) in [5.74, 6) is 0. The van der Waals surface area contributed by atoms with Gasteiger partial charge in [0, 0.05) is 48.7 Å². The zero-order valence-electron chi connectivity index (χ0n) is 17.1. The summed E-state index contributed by atoms with van der Waals surface area (Å²) < 4.78 is 7.47. The molecule has 7 nitrogen and oxygen atoms in total. The molecule has 3 aromatic heterocycles. The number of likely N-dealkylation sites (N-methyl/N-ethyl adjacent to an activating group) is 1. The maximum Gasteiger partial charge on any atom is 0.345 e. The molecule has 1 aliphatic rings. The van der Waals surface area contributed by atoms with Crippen molar-refractivity contribution < 1.29 is 4.42 Å². The molecule has 1 aromatic carbocycles. The van der Waals surface area contributed by atoms with Crippen LogP contribution in [0.2, 0.25) is 5.15 Å². The molecular formula is C22H22ClN5O2. The number of hydrogen-bond acceptors (Lipinski definition) is 6. The van der Waals surface area contributed by atoms with Crippen LogP contribution >= 0.6 is 11.6 Å². The third-order valence-corrected chi connectivity index (χ3v) is 6.01. The summed E-state index contributed by atoms with van der Waals surface area (Å²) >= 11 is 6.04. The molecule has 0 N–H and O–H groups in total. The van der Waals surface area contributed by atoms with E-state index in [9.17, 15) is 4.79 Å². The van der Waals surface area contributed by atoms with Crippen molar-refractivity contribution in [1.82, 2.24) is 19.3 Å². The van der Waals surface area contributed by atoms with E-state index in [1.165, 1.54) is 0 Å². The Hall–Kier alpha value is -2.90. The van der Waals surface area contributed by atoms with Crippen LogP contribution in [0.15, 0.2) is 45.9 Å². The van der Waals surface area contributed by atoms with Gasteiger partial charge in [-0.2, -0.15) is 0 Å². The predicted molar refractivity (Wildman–Crippen MR) is 119 cm³/mol. The van der Waals surface area contributed by atoms with E-state index in [1.807, 2.05) is 25.1 Å². The van der Waals surface area contributed by atoms with Gasteiger partial charge in [-0.15, -0.1) is 0 Å². The van der Waals surface area contributed by atoms with Gasteiger partial charge in [-0.05, 0) is 45.6 Å². The van der Waals surface area contributed by atoms with E-state index in [0.717, 1.165) is 30.6 Å². The molecule has 0 radical (unpaired) electrons. The number of aromatic nitrogens is 3. The van der Waals surface area contributed by atoms with Gasteiger partial charge in [0.2, 0.25) is 0 Å². The fourth-order valence-corrected chi connectivity index (χ4v) is 4.35. The van der Waals surface area contributed by atoms with Crippen LogP contribution in [0.3, 0.4) is 0 Å². The van der Waals surface area contributed by atoms with Crippen LogP contribution in [-0.4, -0.2) is 52.5 Å². The molecule has 1 fully saturated rings. The molecule has 5 rings (SSSR count). The summed E-state index contributed by atoms with van der Waals surface area (Å²) in [6.45, 7) is 3.80. The standard InChI is InChI=1S/C22H22ClN5O2/c1-13-21-25-18(11-28(21)12-20(23)24-13)17-8-14-4-5-15(9-19(14)30-22(17)29)27-7-6-16(10-27)26(2)3/h4-5,8-9,11-12,16H,6-7,10H2,1-3H3/t16-/m0/s1. The minimum Gasteiger partial charge on any atom is -0.422 e. The van der Waals surface area contributed by atoms with Crippen molar-refractivity contribution >= 4 is 33.9 Å². The van der Waals surface area contributed by atoms with E-state index in [-0.39, 0.29) is 0 Å². The molecule has 0 saturated carbocycles. The normalized spacial score (nSPS) is 17.0. The zero-order valence-corrected chi connectivity index (χ0v) is 17.8. The van der Waals surface area contributed by atoms with Gasteiger partial charge in [0.25, 0.3) is 0 Å². The van der Waals surface area contributed by atoms with Crippen LogP contribution in [0.4, 0.5) is 5.69 Å². The van der Waals surface area contributed by atoms with Crippen molar-refractivity contribution in [3.05, 3.63) is 57.9 Å². The summed E-state index contributed by atoms with van der Waals surface area (Å²) in [6, 6.07) is 8.41. The molecule has 0 spiro atoms. The number of fused-ring (bicyclic) bond motifs is 2. The maximum atomic E-state index is 12.8. The second kappa shape index (κ2) is 7.11. The Bertz CT molecular complexity index is 1330. The SMILES string of the molecule is Cc1nc(Cl)cn2cc(-c3cc4ccc(N5CC[C@H](N(C)C)C5)cc4oc3=O)nc12. The van der Waals surface area contributed by atoms with Gasteiger partial charge in [-0.1, -0.05) is 11.6 Å². The zero-order chi connectivity index (χ0) is 21.0. The first-order chi connectivity index (χ1) is 14.4. The summed E-state index contributed by atoms with van der Waals surface area (Å²) in [5, 5.41) is 1.24. The van der Waals surface area contributed by atoms with Crippen LogP contribution in [-0.2, 0) is 0 Å². The van der Waals surface area contributed by atoms with E-state index in [4.69, 9.17) is 16.0 Å². The Morgan fingerprint density at radius 3 is 2.80 bits per heavy atom. The molecule has 0 aliphatic carbocycles. The fourth-order valence-electron chi connectivity index (χ4n) is 4.12. The molecule has 1 saturated heterocycles. The number of rotatable bonds is 3. The van der Waals surface area contributed by atoms with Crippen molar-refractivity contribution in [1.29, 1.82) is 0 Å². The first-order valence-electron chi connectivity index (χ1n) is 9.90. The molecular weight excluding hydrogens is 402 g/mol. The molecule has 0 unspecified atom stereocenters. The monoisotopic (exact) mass is 423 g/mol. The number of halogens is 1. The minimum absolute atomic E-state index is 0.375. The number of imidazole rings is 1. The van der Waals surface area contributed by atoms with Crippen molar-refractivity contribution in [2.45, 2.75) is 19.4 Å². The third kappa shape index (κ3) is 3.24. The van der Waals surface area contributed by atoms with Gasteiger partial charge in [-0.25, -0.2) is 14.8 Å². The van der Waals surface area contributed by atoms with Gasteiger partial charge in [0.15, 0.2) is 5.65 Å². The van der Waals surface area contributed by atoms with Gasteiger partial charge >= 0.3 is 5.63 Å². The molecule has 0 bridgehead atoms. The summed E-state index contributed by atoms with van der Waals surface area (Å²) in [5.41, 5.74) is 3.57. The predicted octanol–water partition coefficient (Wildman–Crippen LogP) is 3.60. The van der Waals surface area contributed by atoms with Gasteiger partial charge in [0.1, 0.15) is 10.7 Å². The summed E-state index contributed by atoms with van der Waals surface area (Å²) in [4.78, 5) is 26.1. The van der Waals surface area contributed by atoms with E-state index in [1.54, 1.807) is 16.8 Å². The van der Waals surface area contributed by atoms with E-state index in [0.29, 0.717) is 39.4 Å². The lowest BCUT2D eigenvalue weighted by atomic mass is 10.1. The Morgan fingerprint density at radius 1 is 1.20 bits per heavy atom. The molecule has 154 valence electrons. The second-order valence-electron chi connectivity index (χ2n) is 8.03. The van der Waals surface area contributed by atoms with Crippen LogP contribution in [0.5, 0.6) is 0 Å². The van der Waals surface area contributed by atoms with Crippen LogP contribution in [0, 0.1) is 6.92 Å². The first-order valence-corrected chi connectivity index (χ1v) is 10.3. The molecule has 1 aliphatic heterocycles. The van der Waals surface area contributed by atoms with Crippen molar-refractivity contribution in [3.8, 4) is 11.3 Å². The minimum atomic E-state index is -0.410. The highest BCUT2D eigenvalue weighted by Crippen LogP contribution is 2.28. The van der Waals surface area contributed by atoms with Gasteiger partial charge < -0.3 is 18.6 Å². The van der Waals surface area contributed by atoms with Gasteiger partial charge in [0.05, 0.1) is 17.0 Å². The number of benzene rings is 1. The number of aryl methyl sites for hydroxylation is 1. The largest absolute Gasteiger partial charge is 0.422 e. The van der Waals surface area contributed by atoms with E-state index < -0.39 is 5.63 Å². The highest BCUT2D eigenvalue weighted by Gasteiger charge is 2.24. The third-order valence-electron chi connectivity index (χ3n) is 5.83. The smallest absolute Gasteiger partial charge is 0.345 e. The molecule has 1 atom stereocenters. The lowest BCUT2D eigenvalue weighted by molar-refractivity contribution is 0.315. The lowest BCUT2D eigenvalue weighted by Gasteiger charge is -2.22. The molecule has 0 amide bonds. The Kier molecular flexibility index (Phi) is 4.52. The van der Waals surface area contributed by atoms with Crippen molar-refractivity contribution in [3.63, 3.8) is 0 Å². The Labute approximate surface area is 178 Å².